The van der Waals surface area contributed by atoms with E-state index in [2.05, 4.69) is 19.9 Å². The van der Waals surface area contributed by atoms with Gasteiger partial charge in [-0.25, -0.2) is 0 Å². The summed E-state index contributed by atoms with van der Waals surface area (Å²) in [4.78, 5) is 0. The van der Waals surface area contributed by atoms with E-state index in [1.807, 2.05) is 30.6 Å². The molecule has 5 rings (SSSR count). The summed E-state index contributed by atoms with van der Waals surface area (Å²) in [5, 5.41) is 0. The molecule has 1 spiro atoms. The van der Waals surface area contributed by atoms with Crippen LogP contribution in [0.3, 0.4) is 0 Å². The number of hydrogen-bond acceptors (Lipinski definition) is 0. The zero-order valence-corrected chi connectivity index (χ0v) is 17.3. The first-order valence-electron chi connectivity index (χ1n) is 11.5. The lowest BCUT2D eigenvalue weighted by molar-refractivity contribution is 0.111. The highest BCUT2D eigenvalue weighted by Gasteiger charge is 2.51. The van der Waals surface area contributed by atoms with E-state index in [0.717, 1.165) is 23.2 Å². The van der Waals surface area contributed by atoms with Crippen LogP contribution in [-0.4, -0.2) is 0 Å². The van der Waals surface area contributed by atoms with Crippen molar-refractivity contribution in [3.63, 3.8) is 0 Å². The smallest absolute Gasteiger partial charge is 0.0126 e. The zero-order chi connectivity index (χ0) is 17.7. The summed E-state index contributed by atoms with van der Waals surface area (Å²) in [7, 11) is 0. The first-order chi connectivity index (χ1) is 12.1. The van der Waals surface area contributed by atoms with Crippen LogP contribution in [-0.2, 0) is 0 Å². The van der Waals surface area contributed by atoms with Crippen LogP contribution < -0.4 is 0 Å². The molecular weight excluding hydrogens is 300 g/mol. The third-order valence-electron chi connectivity index (χ3n) is 9.22. The Morgan fingerprint density at radius 3 is 2.48 bits per heavy atom. The summed E-state index contributed by atoms with van der Waals surface area (Å²) in [5.41, 5.74) is 7.01. The van der Waals surface area contributed by atoms with Gasteiger partial charge in [-0.05, 0) is 104 Å². The Labute approximate surface area is 156 Å². The second kappa shape index (κ2) is 6.58. The van der Waals surface area contributed by atoms with Crippen LogP contribution in [0.4, 0.5) is 0 Å². The van der Waals surface area contributed by atoms with E-state index < -0.39 is 0 Å². The summed E-state index contributed by atoms with van der Waals surface area (Å²) < 4.78 is 0. The summed E-state index contributed by atoms with van der Waals surface area (Å²) in [6.45, 7) is 9.14. The van der Waals surface area contributed by atoms with Crippen molar-refractivity contribution in [3.8, 4) is 0 Å². The van der Waals surface area contributed by atoms with Gasteiger partial charge < -0.3 is 0 Å². The molecule has 0 radical (unpaired) electrons. The highest BCUT2D eigenvalue weighted by Crippen LogP contribution is 2.62. The minimum absolute atomic E-state index is 0.619. The molecule has 5 aliphatic rings. The Kier molecular flexibility index (Phi) is 4.70. The average molecular weight is 341 g/mol. The van der Waals surface area contributed by atoms with Gasteiger partial charge in [-0.1, -0.05) is 52.2 Å². The molecule has 0 aliphatic heterocycles. The Hall–Kier alpha value is -0.520. The summed E-state index contributed by atoms with van der Waals surface area (Å²) >= 11 is 0. The van der Waals surface area contributed by atoms with E-state index in [1.54, 1.807) is 0 Å². The van der Waals surface area contributed by atoms with Gasteiger partial charge in [0.15, 0.2) is 0 Å². The topological polar surface area (TPSA) is 0 Å². The molecule has 0 aromatic heterocycles. The van der Waals surface area contributed by atoms with Crippen LogP contribution in [0.25, 0.3) is 0 Å². The maximum Gasteiger partial charge on any atom is -0.0126 e. The van der Waals surface area contributed by atoms with Gasteiger partial charge in [-0.3, -0.25) is 0 Å². The fraction of sp³-hybridized carbons (Fsp3) is 0.840. The van der Waals surface area contributed by atoms with Gasteiger partial charge in [0.05, 0.1) is 0 Å². The van der Waals surface area contributed by atoms with Crippen molar-refractivity contribution in [3.05, 3.63) is 22.8 Å². The molecule has 0 aromatic rings. The Morgan fingerprint density at radius 2 is 1.72 bits per heavy atom. The molecule has 0 heteroatoms. The number of allylic oxidation sites excluding steroid dienone is 4. The third-order valence-corrected chi connectivity index (χ3v) is 9.22. The second-order valence-electron chi connectivity index (χ2n) is 10.1. The van der Waals surface area contributed by atoms with Crippen molar-refractivity contribution in [2.75, 3.05) is 0 Å². The van der Waals surface area contributed by atoms with Crippen LogP contribution in [0.2, 0.25) is 0 Å². The Bertz CT molecular complexity index is 571. The molecule has 2 fully saturated rings. The molecule has 0 amide bonds. The van der Waals surface area contributed by atoms with E-state index in [9.17, 15) is 0 Å². The number of rotatable bonds is 0. The van der Waals surface area contributed by atoms with Gasteiger partial charge in [0, 0.05) is 0 Å². The molecule has 0 saturated heterocycles. The maximum absolute atomic E-state index is 2.73. The lowest BCUT2D eigenvalue weighted by atomic mass is 9.56. The first-order valence-corrected chi connectivity index (χ1v) is 11.5. The lowest BCUT2D eigenvalue weighted by Crippen LogP contribution is -2.38. The molecule has 140 valence electrons. The lowest BCUT2D eigenvalue weighted by Gasteiger charge is -2.49. The van der Waals surface area contributed by atoms with Crippen LogP contribution in [0.1, 0.15) is 105 Å². The highest BCUT2D eigenvalue weighted by molar-refractivity contribution is 5.44. The van der Waals surface area contributed by atoms with E-state index >= 15 is 0 Å². The fourth-order valence-electron chi connectivity index (χ4n) is 7.55. The fourth-order valence-corrected chi connectivity index (χ4v) is 7.55. The van der Waals surface area contributed by atoms with Gasteiger partial charge in [-0.2, -0.15) is 0 Å². The molecule has 25 heavy (non-hydrogen) atoms. The molecule has 0 bridgehead atoms. The quantitative estimate of drug-likeness (QED) is 0.421. The van der Waals surface area contributed by atoms with Gasteiger partial charge in [-0.15, -0.1) is 0 Å². The molecule has 2 saturated carbocycles. The second-order valence-corrected chi connectivity index (χ2v) is 10.1. The number of hydrogen-bond donors (Lipinski definition) is 0. The molecule has 0 nitrogen and oxygen atoms in total. The van der Waals surface area contributed by atoms with Crippen molar-refractivity contribution in [1.29, 1.82) is 0 Å². The first kappa shape index (κ1) is 17.9. The normalized spacial score (nSPS) is 41.4. The molecule has 0 heterocycles. The van der Waals surface area contributed by atoms with Crippen molar-refractivity contribution in [1.82, 2.24) is 0 Å². The summed E-state index contributed by atoms with van der Waals surface area (Å²) in [6, 6.07) is 0. The minimum atomic E-state index is 0.619. The van der Waals surface area contributed by atoms with Crippen molar-refractivity contribution >= 4 is 0 Å². The molecule has 4 atom stereocenters. The van der Waals surface area contributed by atoms with Crippen molar-refractivity contribution < 1.29 is 0 Å². The predicted octanol–water partition coefficient (Wildman–Crippen LogP) is 7.85. The van der Waals surface area contributed by atoms with E-state index in [1.165, 1.54) is 77.0 Å². The third kappa shape index (κ3) is 2.69. The van der Waals surface area contributed by atoms with Crippen LogP contribution >= 0.6 is 0 Å². The number of fused-ring (bicyclic) bond motifs is 4. The van der Waals surface area contributed by atoms with Crippen LogP contribution in [0, 0.1) is 28.6 Å². The van der Waals surface area contributed by atoms with E-state index in [4.69, 9.17) is 0 Å². The molecule has 3 unspecified atom stereocenters. The molecular formula is C25H40. The van der Waals surface area contributed by atoms with Gasteiger partial charge in [0.1, 0.15) is 0 Å². The molecule has 0 N–H and O–H groups in total. The zero-order valence-electron chi connectivity index (χ0n) is 17.3. The predicted molar refractivity (Wildman–Crippen MR) is 109 cm³/mol. The summed E-state index contributed by atoms with van der Waals surface area (Å²) in [5.74, 6) is 2.86. The minimum Gasteiger partial charge on any atom is -0.0802 e. The average Bonchev–Trinajstić information content (AvgIpc) is 3.21. The van der Waals surface area contributed by atoms with Crippen LogP contribution in [0.5, 0.6) is 0 Å². The van der Waals surface area contributed by atoms with Gasteiger partial charge in [0.25, 0.3) is 0 Å². The van der Waals surface area contributed by atoms with Gasteiger partial charge in [0.2, 0.25) is 0 Å². The van der Waals surface area contributed by atoms with Crippen molar-refractivity contribution in [2.45, 2.75) is 105 Å². The molecule has 0 aromatic carbocycles. The maximum atomic E-state index is 2.73. The van der Waals surface area contributed by atoms with Crippen LogP contribution in [0.15, 0.2) is 22.8 Å². The summed E-state index contributed by atoms with van der Waals surface area (Å²) in [6.07, 6.45) is 20.5. The Morgan fingerprint density at radius 1 is 0.960 bits per heavy atom. The van der Waals surface area contributed by atoms with Crippen molar-refractivity contribution in [2.24, 2.45) is 28.6 Å². The van der Waals surface area contributed by atoms with Gasteiger partial charge >= 0.3 is 0 Å². The highest BCUT2D eigenvalue weighted by atomic mass is 14.6. The molecule has 5 aliphatic carbocycles. The SMILES string of the molecule is CC.C[C@H]1CCC2C3CCC4=C(CCC5(CCCC5)C4)C3=CCC21C. The Balaban J connectivity index is 0.000000758. The monoisotopic (exact) mass is 340 g/mol. The standard InChI is InChI=1S/C23H34.C2H6/c1-16-5-8-21-20-7-6-17-15-23(11-3-4-12-23)14-10-18(17)19(20)9-13-22(16,21)2;1-2/h9,16,20-21H,3-8,10-15H2,1-2H3;1-2H3/t16-,20?,21?,22?;/m0./s1. The van der Waals surface area contributed by atoms with E-state index in [-0.39, 0.29) is 0 Å². The van der Waals surface area contributed by atoms with E-state index in [0.29, 0.717) is 5.41 Å². The largest absolute Gasteiger partial charge is 0.0802 e.